The Balaban J connectivity index is 1.32. The maximum Gasteiger partial charge on any atom is 0.264 e. The van der Waals surface area contributed by atoms with Crippen LogP contribution in [-0.4, -0.2) is 39.6 Å². The van der Waals surface area contributed by atoms with Crippen LogP contribution in [0.3, 0.4) is 0 Å². The van der Waals surface area contributed by atoms with E-state index in [1.807, 2.05) is 37.3 Å². The second-order valence-corrected chi connectivity index (χ2v) is 11.5. The van der Waals surface area contributed by atoms with E-state index < -0.39 is 22.5 Å². The summed E-state index contributed by atoms with van der Waals surface area (Å²) in [6.45, 7) is 1.24. The molecule has 0 aliphatic rings. The Labute approximate surface area is 249 Å². The lowest BCUT2D eigenvalue weighted by atomic mass is 10.1. The first-order valence-electron chi connectivity index (χ1n) is 12.9. The smallest absolute Gasteiger partial charge is 0.264 e. The van der Waals surface area contributed by atoms with Crippen LogP contribution in [0.25, 0.3) is 0 Å². The fourth-order valence-electron chi connectivity index (χ4n) is 3.92. The predicted molar refractivity (Wildman–Crippen MR) is 163 cm³/mol. The van der Waals surface area contributed by atoms with Gasteiger partial charge >= 0.3 is 0 Å². The van der Waals surface area contributed by atoms with E-state index in [4.69, 9.17) is 16.3 Å². The number of anilines is 1. The molecule has 1 atom stereocenters. The monoisotopic (exact) mass is 604 g/mol. The average molecular weight is 605 g/mol. The molecule has 0 saturated heterocycles. The molecule has 0 bridgehead atoms. The van der Waals surface area contributed by atoms with E-state index in [-0.39, 0.29) is 29.1 Å². The standard InChI is InChI=1S/C31H29ClN4O5S/c1-23(25-9-4-2-5-10-25)34-31(38)22-41-28-17-15-24(16-18-28)20-33-35-30(37)21-36(27-12-8-11-26(32)19-27)42(39,40)29-13-6-3-7-14-29/h2-20,23H,21-22H2,1H3,(H,34,38)(H,35,37)/b33-20-/t23-/m1/s1. The van der Waals surface area contributed by atoms with Gasteiger partial charge in [-0.3, -0.25) is 13.9 Å². The highest BCUT2D eigenvalue weighted by Crippen LogP contribution is 2.26. The minimum absolute atomic E-state index is 0.0340. The summed E-state index contributed by atoms with van der Waals surface area (Å²) < 4.78 is 33.2. The van der Waals surface area contributed by atoms with Gasteiger partial charge in [0.2, 0.25) is 0 Å². The number of rotatable bonds is 12. The third-order valence-corrected chi connectivity index (χ3v) is 8.07. The van der Waals surface area contributed by atoms with Crippen LogP contribution in [0.5, 0.6) is 5.75 Å². The second-order valence-electron chi connectivity index (χ2n) is 9.16. The molecule has 4 aromatic carbocycles. The number of amides is 2. The second kappa shape index (κ2) is 14.3. The molecule has 0 heterocycles. The summed E-state index contributed by atoms with van der Waals surface area (Å²) in [5.41, 5.74) is 4.25. The van der Waals surface area contributed by atoms with Crippen molar-refractivity contribution >= 4 is 45.3 Å². The molecule has 0 saturated carbocycles. The van der Waals surface area contributed by atoms with E-state index >= 15 is 0 Å². The SMILES string of the molecule is C[C@@H](NC(=O)COc1ccc(/C=N\NC(=O)CN(c2cccc(Cl)c2)S(=O)(=O)c2ccccc2)cc1)c1ccccc1. The Morgan fingerprint density at radius 3 is 2.24 bits per heavy atom. The van der Waals surface area contributed by atoms with E-state index in [1.165, 1.54) is 24.4 Å². The molecule has 0 spiro atoms. The number of hydrogen-bond acceptors (Lipinski definition) is 6. The van der Waals surface area contributed by atoms with Crippen molar-refractivity contribution in [3.8, 4) is 5.75 Å². The van der Waals surface area contributed by atoms with Crippen LogP contribution in [0.4, 0.5) is 5.69 Å². The number of ether oxygens (including phenoxy) is 1. The fraction of sp³-hybridized carbons (Fsp3) is 0.129. The van der Waals surface area contributed by atoms with E-state index in [9.17, 15) is 18.0 Å². The largest absolute Gasteiger partial charge is 0.484 e. The van der Waals surface area contributed by atoms with Gasteiger partial charge in [0, 0.05) is 5.02 Å². The number of nitrogens with one attached hydrogen (secondary N) is 2. The lowest BCUT2D eigenvalue weighted by molar-refractivity contribution is -0.123. The van der Waals surface area contributed by atoms with Gasteiger partial charge in [0.05, 0.1) is 22.8 Å². The number of sulfonamides is 1. The molecule has 2 N–H and O–H groups in total. The number of carbonyl (C=O) groups excluding carboxylic acids is 2. The summed E-state index contributed by atoms with van der Waals surface area (Å²) in [7, 11) is -4.06. The van der Waals surface area contributed by atoms with Crippen LogP contribution >= 0.6 is 11.6 Å². The van der Waals surface area contributed by atoms with Gasteiger partial charge in [-0.05, 0) is 72.6 Å². The fourth-order valence-corrected chi connectivity index (χ4v) is 5.54. The number of halogens is 1. The van der Waals surface area contributed by atoms with Gasteiger partial charge in [-0.1, -0.05) is 66.2 Å². The van der Waals surface area contributed by atoms with Gasteiger partial charge in [-0.25, -0.2) is 13.8 Å². The molecule has 216 valence electrons. The number of nitrogens with zero attached hydrogens (tertiary/aromatic N) is 2. The van der Waals surface area contributed by atoms with E-state index in [0.29, 0.717) is 16.3 Å². The topological polar surface area (TPSA) is 117 Å². The molecule has 42 heavy (non-hydrogen) atoms. The summed E-state index contributed by atoms with van der Waals surface area (Å²) in [6, 6.07) is 30.3. The van der Waals surface area contributed by atoms with Crippen LogP contribution < -0.4 is 19.8 Å². The van der Waals surface area contributed by atoms with E-state index in [2.05, 4.69) is 15.8 Å². The average Bonchev–Trinajstić information content (AvgIpc) is 3.00. The van der Waals surface area contributed by atoms with E-state index in [1.54, 1.807) is 60.7 Å². The third-order valence-electron chi connectivity index (χ3n) is 6.04. The lowest BCUT2D eigenvalue weighted by Gasteiger charge is -2.23. The van der Waals surface area contributed by atoms with Crippen molar-refractivity contribution in [2.75, 3.05) is 17.5 Å². The summed E-state index contributed by atoms with van der Waals surface area (Å²) in [4.78, 5) is 25.0. The van der Waals surface area contributed by atoms with Gasteiger partial charge < -0.3 is 10.1 Å². The minimum atomic E-state index is -4.06. The van der Waals surface area contributed by atoms with Crippen molar-refractivity contribution in [1.82, 2.24) is 10.7 Å². The first kappa shape index (κ1) is 30.3. The highest BCUT2D eigenvalue weighted by molar-refractivity contribution is 7.92. The van der Waals surface area contributed by atoms with Crippen LogP contribution in [0.1, 0.15) is 24.1 Å². The molecule has 0 aliphatic carbocycles. The first-order valence-corrected chi connectivity index (χ1v) is 14.8. The molecule has 9 nitrogen and oxygen atoms in total. The molecule has 0 aliphatic heterocycles. The van der Waals surface area contributed by atoms with Gasteiger partial charge in [0.25, 0.3) is 21.8 Å². The molecule has 0 radical (unpaired) electrons. The molecular weight excluding hydrogens is 576 g/mol. The zero-order valence-corrected chi connectivity index (χ0v) is 24.3. The van der Waals surface area contributed by atoms with Crippen LogP contribution in [-0.2, 0) is 19.6 Å². The zero-order valence-electron chi connectivity index (χ0n) is 22.7. The number of benzene rings is 4. The van der Waals surface area contributed by atoms with Gasteiger partial charge in [-0.2, -0.15) is 5.10 Å². The Morgan fingerprint density at radius 2 is 1.57 bits per heavy atom. The minimum Gasteiger partial charge on any atom is -0.484 e. The Morgan fingerprint density at radius 1 is 0.905 bits per heavy atom. The first-order chi connectivity index (χ1) is 20.2. The highest BCUT2D eigenvalue weighted by atomic mass is 35.5. The highest BCUT2D eigenvalue weighted by Gasteiger charge is 2.27. The van der Waals surface area contributed by atoms with Crippen molar-refractivity contribution in [1.29, 1.82) is 0 Å². The summed E-state index contributed by atoms with van der Waals surface area (Å²) in [5, 5.41) is 7.17. The maximum absolute atomic E-state index is 13.3. The number of hydrazone groups is 1. The molecular formula is C31H29ClN4O5S. The third kappa shape index (κ3) is 8.42. The number of hydrogen-bond donors (Lipinski definition) is 2. The molecule has 4 rings (SSSR count). The summed E-state index contributed by atoms with van der Waals surface area (Å²) in [5.74, 6) is -0.413. The Bertz CT molecular complexity index is 1630. The van der Waals surface area contributed by atoms with Crippen molar-refractivity contribution in [3.05, 3.63) is 125 Å². The quantitative estimate of drug-likeness (QED) is 0.175. The number of carbonyl (C=O) groups is 2. The van der Waals surface area contributed by atoms with Crippen LogP contribution in [0.15, 0.2) is 119 Å². The van der Waals surface area contributed by atoms with E-state index in [0.717, 1.165) is 9.87 Å². The van der Waals surface area contributed by atoms with Crippen molar-refractivity contribution in [3.63, 3.8) is 0 Å². The van der Waals surface area contributed by atoms with Crippen molar-refractivity contribution in [2.24, 2.45) is 5.10 Å². The van der Waals surface area contributed by atoms with Crippen molar-refractivity contribution < 1.29 is 22.7 Å². The normalized spacial score (nSPS) is 12.0. The lowest BCUT2D eigenvalue weighted by Crippen LogP contribution is -2.39. The molecule has 0 unspecified atom stereocenters. The van der Waals surface area contributed by atoms with Gasteiger partial charge in [0.1, 0.15) is 12.3 Å². The Kier molecular flexibility index (Phi) is 10.3. The molecule has 0 fully saturated rings. The molecule has 11 heteroatoms. The zero-order chi connectivity index (χ0) is 30.0. The molecule has 0 aromatic heterocycles. The van der Waals surface area contributed by atoms with Crippen LogP contribution in [0.2, 0.25) is 5.02 Å². The Hall–Kier alpha value is -4.67. The summed E-state index contributed by atoms with van der Waals surface area (Å²) in [6.07, 6.45) is 1.41. The van der Waals surface area contributed by atoms with Gasteiger partial charge in [0.15, 0.2) is 6.61 Å². The maximum atomic E-state index is 13.3. The van der Waals surface area contributed by atoms with Crippen LogP contribution in [0, 0.1) is 0 Å². The predicted octanol–water partition coefficient (Wildman–Crippen LogP) is 4.94. The molecule has 4 aromatic rings. The van der Waals surface area contributed by atoms with Crippen molar-refractivity contribution in [2.45, 2.75) is 17.9 Å². The summed E-state index contributed by atoms with van der Waals surface area (Å²) >= 11 is 6.09. The molecule has 2 amide bonds. The van der Waals surface area contributed by atoms with Gasteiger partial charge in [-0.15, -0.1) is 0 Å².